The van der Waals surface area contributed by atoms with Crippen LogP contribution in [-0.2, 0) is 22.7 Å². The van der Waals surface area contributed by atoms with Gasteiger partial charge in [-0.3, -0.25) is 4.68 Å². The lowest BCUT2D eigenvalue weighted by Crippen LogP contribution is -2.28. The van der Waals surface area contributed by atoms with Crippen molar-refractivity contribution in [1.82, 2.24) is 19.2 Å². The molecule has 7 nitrogen and oxygen atoms in total. The molecule has 3 aromatic rings. The minimum atomic E-state index is -4.65. The summed E-state index contributed by atoms with van der Waals surface area (Å²) in [6.07, 6.45) is -0.658. The van der Waals surface area contributed by atoms with E-state index in [0.717, 1.165) is 17.4 Å². The maximum atomic E-state index is 12.8. The van der Waals surface area contributed by atoms with Crippen LogP contribution in [0.5, 0.6) is 0 Å². The number of nitrogens with zero attached hydrogens (tertiary/aromatic N) is 4. The number of thiophene rings is 1. The fourth-order valence-corrected chi connectivity index (χ4v) is 5.27. The van der Waals surface area contributed by atoms with Crippen molar-refractivity contribution in [1.29, 1.82) is 0 Å². The smallest absolute Gasteiger partial charge is 0.351 e. The first-order valence-corrected chi connectivity index (χ1v) is 10.4. The molecule has 0 saturated heterocycles. The molecule has 0 N–H and O–H groups in total. The second kappa shape index (κ2) is 7.68. The topological polar surface area (TPSA) is 81.2 Å². The van der Waals surface area contributed by atoms with Crippen LogP contribution in [0.15, 0.2) is 40.0 Å². The average molecular weight is 434 g/mol. The Morgan fingerprint density at radius 2 is 2.07 bits per heavy atom. The predicted octanol–water partition coefficient (Wildman–Crippen LogP) is 3.64. The van der Waals surface area contributed by atoms with Gasteiger partial charge in [0.05, 0.1) is 9.77 Å². The first kappa shape index (κ1) is 20.6. The molecule has 3 heterocycles. The molecule has 0 fully saturated rings. The summed E-state index contributed by atoms with van der Waals surface area (Å²) in [6.45, 7) is 2.44. The van der Waals surface area contributed by atoms with Crippen LogP contribution >= 0.6 is 11.3 Å². The molecule has 0 radical (unpaired) electrons. The highest BCUT2D eigenvalue weighted by molar-refractivity contribution is 7.89. The van der Waals surface area contributed by atoms with Gasteiger partial charge in [0.15, 0.2) is 0 Å². The number of hydrogen-bond donors (Lipinski definition) is 0. The third-order valence-corrected chi connectivity index (χ3v) is 7.21. The van der Waals surface area contributed by atoms with Crippen LogP contribution in [0.2, 0.25) is 0 Å². The van der Waals surface area contributed by atoms with Gasteiger partial charge in [-0.2, -0.15) is 18.3 Å². The fourth-order valence-electron chi connectivity index (χ4n) is 2.55. The van der Waals surface area contributed by atoms with Gasteiger partial charge in [0.1, 0.15) is 5.69 Å². The molecule has 0 amide bonds. The Bertz CT molecular complexity index is 1040. The maximum Gasteiger partial charge on any atom is 0.452 e. The SMILES string of the molecule is Cc1sc(-c2cc(C(F)(F)F)on2)cc1S(=O)(=O)N(C)CCCn1cccn1. The van der Waals surface area contributed by atoms with Crippen LogP contribution in [0.25, 0.3) is 10.6 Å². The van der Waals surface area contributed by atoms with Gasteiger partial charge in [-0.25, -0.2) is 12.7 Å². The summed E-state index contributed by atoms with van der Waals surface area (Å²) in [4.78, 5) is 0.802. The van der Waals surface area contributed by atoms with Gasteiger partial charge in [-0.15, -0.1) is 11.3 Å². The number of halogens is 3. The van der Waals surface area contributed by atoms with E-state index in [9.17, 15) is 21.6 Å². The molecular weight excluding hydrogens is 417 g/mol. The zero-order chi connectivity index (χ0) is 20.5. The lowest BCUT2D eigenvalue weighted by Gasteiger charge is -2.16. The Labute approximate surface area is 163 Å². The Kier molecular flexibility index (Phi) is 5.64. The second-order valence-corrected chi connectivity index (χ2v) is 9.32. The van der Waals surface area contributed by atoms with Crippen LogP contribution in [0.3, 0.4) is 0 Å². The fraction of sp³-hybridized carbons (Fsp3) is 0.375. The van der Waals surface area contributed by atoms with E-state index in [2.05, 4.69) is 14.8 Å². The van der Waals surface area contributed by atoms with Gasteiger partial charge >= 0.3 is 6.18 Å². The van der Waals surface area contributed by atoms with Gasteiger partial charge in [0.25, 0.3) is 0 Å². The van der Waals surface area contributed by atoms with E-state index in [0.29, 0.717) is 22.7 Å². The number of aromatic nitrogens is 3. The van der Waals surface area contributed by atoms with Crippen LogP contribution in [-0.4, -0.2) is 41.3 Å². The summed E-state index contributed by atoms with van der Waals surface area (Å²) in [5, 5.41) is 7.47. The molecule has 0 aliphatic rings. The van der Waals surface area contributed by atoms with Crippen molar-refractivity contribution >= 4 is 21.4 Å². The molecule has 0 atom stereocenters. The highest BCUT2D eigenvalue weighted by atomic mass is 32.2. The minimum absolute atomic E-state index is 0.0469. The molecule has 0 bridgehead atoms. The molecule has 3 aromatic heterocycles. The quantitative estimate of drug-likeness (QED) is 0.567. The number of alkyl halides is 3. The lowest BCUT2D eigenvalue weighted by atomic mass is 10.3. The summed E-state index contributed by atoms with van der Waals surface area (Å²) >= 11 is 1.05. The van der Waals surface area contributed by atoms with E-state index in [1.807, 2.05) is 0 Å². The van der Waals surface area contributed by atoms with E-state index in [1.54, 1.807) is 30.1 Å². The highest BCUT2D eigenvalue weighted by Crippen LogP contribution is 2.37. The van der Waals surface area contributed by atoms with E-state index < -0.39 is 22.0 Å². The van der Waals surface area contributed by atoms with Crippen molar-refractivity contribution in [3.05, 3.63) is 41.2 Å². The second-order valence-electron chi connectivity index (χ2n) is 6.05. The summed E-state index contributed by atoms with van der Waals surface area (Å²) in [5.41, 5.74) is -0.0526. The summed E-state index contributed by atoms with van der Waals surface area (Å²) < 4.78 is 71.0. The zero-order valence-electron chi connectivity index (χ0n) is 15.0. The maximum absolute atomic E-state index is 12.8. The molecular formula is C16H17F3N4O3S2. The van der Waals surface area contributed by atoms with Gasteiger partial charge in [-0.05, 0) is 25.5 Å². The van der Waals surface area contributed by atoms with Crippen LogP contribution in [0.1, 0.15) is 17.1 Å². The summed E-state index contributed by atoms with van der Waals surface area (Å²) in [6, 6.07) is 3.87. The Hall–Kier alpha value is -2.18. The van der Waals surface area contributed by atoms with Crippen LogP contribution in [0.4, 0.5) is 13.2 Å². The molecule has 0 aromatic carbocycles. The molecule has 0 spiro atoms. The Balaban J connectivity index is 1.76. The van der Waals surface area contributed by atoms with Crippen molar-refractivity contribution in [2.45, 2.75) is 31.0 Å². The zero-order valence-corrected chi connectivity index (χ0v) is 16.6. The largest absolute Gasteiger partial charge is 0.452 e. The van der Waals surface area contributed by atoms with Crippen LogP contribution in [0, 0.1) is 6.92 Å². The predicted molar refractivity (Wildman–Crippen MR) is 96.2 cm³/mol. The molecule has 28 heavy (non-hydrogen) atoms. The van der Waals surface area contributed by atoms with Crippen molar-refractivity contribution in [2.75, 3.05) is 13.6 Å². The van der Waals surface area contributed by atoms with Crippen molar-refractivity contribution < 1.29 is 26.1 Å². The van der Waals surface area contributed by atoms with Gasteiger partial charge in [0.2, 0.25) is 15.8 Å². The number of aryl methyl sites for hydroxylation is 2. The number of sulfonamides is 1. The first-order valence-electron chi connectivity index (χ1n) is 8.17. The molecule has 3 rings (SSSR count). The van der Waals surface area contributed by atoms with Gasteiger partial charge < -0.3 is 4.52 Å². The highest BCUT2D eigenvalue weighted by Gasteiger charge is 2.36. The molecule has 0 aliphatic carbocycles. The van der Waals surface area contributed by atoms with E-state index >= 15 is 0 Å². The number of hydrogen-bond acceptors (Lipinski definition) is 6. The standard InChI is InChI=1S/C16H17F3N4O3S2/c1-11-14(10-13(27-11)12-9-15(26-21-12)16(17,18)19)28(24,25)22(2)6-4-8-23-7-3-5-20-23/h3,5,7,9-10H,4,6,8H2,1-2H3. The Morgan fingerprint density at radius 1 is 1.32 bits per heavy atom. The van der Waals surface area contributed by atoms with Crippen molar-refractivity contribution in [3.8, 4) is 10.6 Å². The Morgan fingerprint density at radius 3 is 2.68 bits per heavy atom. The molecule has 0 unspecified atom stereocenters. The average Bonchev–Trinajstić information content (AvgIpc) is 3.34. The lowest BCUT2D eigenvalue weighted by molar-refractivity contribution is -0.155. The minimum Gasteiger partial charge on any atom is -0.351 e. The van der Waals surface area contributed by atoms with Gasteiger partial charge in [0, 0.05) is 43.5 Å². The normalized spacial score (nSPS) is 12.8. The third-order valence-electron chi connectivity index (χ3n) is 4.02. The first-order chi connectivity index (χ1) is 13.1. The molecule has 152 valence electrons. The molecule has 0 aliphatic heterocycles. The molecule has 0 saturated carbocycles. The number of rotatable bonds is 7. The van der Waals surface area contributed by atoms with Crippen LogP contribution < -0.4 is 0 Å². The third kappa shape index (κ3) is 4.28. The van der Waals surface area contributed by atoms with Crippen molar-refractivity contribution in [3.63, 3.8) is 0 Å². The molecule has 12 heteroatoms. The van der Waals surface area contributed by atoms with E-state index in [4.69, 9.17) is 0 Å². The van der Waals surface area contributed by atoms with E-state index in [-0.39, 0.29) is 17.1 Å². The van der Waals surface area contributed by atoms with Gasteiger partial charge in [-0.1, -0.05) is 5.16 Å². The van der Waals surface area contributed by atoms with E-state index in [1.165, 1.54) is 17.4 Å². The monoisotopic (exact) mass is 434 g/mol. The van der Waals surface area contributed by atoms with Crippen molar-refractivity contribution in [2.24, 2.45) is 0 Å². The summed E-state index contributed by atoms with van der Waals surface area (Å²) in [7, 11) is -2.32. The summed E-state index contributed by atoms with van der Waals surface area (Å²) in [5.74, 6) is -1.23.